The molecule has 2 aliphatic heterocycles. The van der Waals surface area contributed by atoms with Crippen molar-refractivity contribution in [3.8, 4) is 44.5 Å². The van der Waals surface area contributed by atoms with Crippen molar-refractivity contribution in [1.82, 2.24) is 0 Å². The van der Waals surface area contributed by atoms with Crippen molar-refractivity contribution in [2.24, 2.45) is 0 Å². The third-order valence-electron chi connectivity index (χ3n) is 17.5. The van der Waals surface area contributed by atoms with E-state index in [9.17, 15) is 0 Å². The average molecular weight is 979 g/mol. The molecule has 3 heterocycles. The molecule has 0 radical (unpaired) electrons. The highest BCUT2D eigenvalue weighted by atomic mass is 16.3. The van der Waals surface area contributed by atoms with Crippen molar-refractivity contribution >= 4 is 56.1 Å². The van der Waals surface area contributed by atoms with E-state index in [1.807, 2.05) is 0 Å². The molecule has 17 rings (SSSR count). The first-order valence-electron chi connectivity index (χ1n) is 26.7. The SMILES string of the molecule is c1ccc(N2c3ccccc3C3(c4ccccc4-c4ccc(-c5ccc6oc7ccc(-c8ccc9c(c8)C8(c%10ccccc%10-9)c9ccccc9N(c9ccccc9)c9ccccc98)cc7c6c5)cc43)c3ccccc32)cc1. The van der Waals surface area contributed by atoms with Crippen LogP contribution in [0.4, 0.5) is 34.1 Å². The summed E-state index contributed by atoms with van der Waals surface area (Å²) in [5.41, 5.74) is 27.9. The molecule has 13 aromatic rings. The summed E-state index contributed by atoms with van der Waals surface area (Å²) in [6.07, 6.45) is 0. The lowest BCUT2D eigenvalue weighted by Gasteiger charge is -2.45. The van der Waals surface area contributed by atoms with E-state index >= 15 is 0 Å². The summed E-state index contributed by atoms with van der Waals surface area (Å²) in [5, 5.41) is 2.21. The molecule has 12 aromatic carbocycles. The Bertz CT molecular complexity index is 4220. The van der Waals surface area contributed by atoms with E-state index in [4.69, 9.17) is 4.42 Å². The van der Waals surface area contributed by atoms with E-state index in [-0.39, 0.29) is 0 Å². The minimum atomic E-state index is -0.541. The van der Waals surface area contributed by atoms with Crippen molar-refractivity contribution in [1.29, 1.82) is 0 Å². The quantitative estimate of drug-likeness (QED) is 0.175. The van der Waals surface area contributed by atoms with Crippen LogP contribution in [0.5, 0.6) is 0 Å². The molecular weight excluding hydrogens is 933 g/mol. The number of para-hydroxylation sites is 6. The summed E-state index contributed by atoms with van der Waals surface area (Å²) >= 11 is 0. The van der Waals surface area contributed by atoms with E-state index < -0.39 is 10.8 Å². The average Bonchev–Trinajstić information content (AvgIpc) is 4.29. The molecule has 0 fully saturated rings. The fraction of sp³-hybridized carbons (Fsp3) is 0.0270. The Morgan fingerprint density at radius 1 is 0.234 bits per heavy atom. The van der Waals surface area contributed by atoms with Gasteiger partial charge in [-0.25, -0.2) is 0 Å². The van der Waals surface area contributed by atoms with Crippen molar-refractivity contribution in [3.63, 3.8) is 0 Å². The number of fused-ring (bicyclic) bond motifs is 21. The zero-order valence-corrected chi connectivity index (χ0v) is 41.9. The summed E-state index contributed by atoms with van der Waals surface area (Å²) in [6, 6.07) is 104. The van der Waals surface area contributed by atoms with Gasteiger partial charge >= 0.3 is 0 Å². The molecule has 0 saturated carbocycles. The second-order valence-corrected chi connectivity index (χ2v) is 21.0. The molecule has 3 heteroatoms. The van der Waals surface area contributed by atoms with Crippen LogP contribution in [-0.2, 0) is 10.8 Å². The molecular formula is C74H46N2O. The Hall–Kier alpha value is -9.96. The first-order chi connectivity index (χ1) is 38.2. The molecule has 2 aliphatic carbocycles. The molecule has 3 nitrogen and oxygen atoms in total. The Morgan fingerprint density at radius 2 is 0.532 bits per heavy atom. The number of hydrogen-bond donors (Lipinski definition) is 0. The molecule has 358 valence electrons. The minimum Gasteiger partial charge on any atom is -0.456 e. The van der Waals surface area contributed by atoms with Gasteiger partial charge < -0.3 is 14.2 Å². The highest BCUT2D eigenvalue weighted by Gasteiger charge is 2.53. The van der Waals surface area contributed by atoms with E-state index in [0.717, 1.165) is 44.4 Å². The van der Waals surface area contributed by atoms with E-state index in [2.05, 4.69) is 289 Å². The minimum absolute atomic E-state index is 0.541. The van der Waals surface area contributed by atoms with Crippen LogP contribution < -0.4 is 9.80 Å². The van der Waals surface area contributed by atoms with Gasteiger partial charge in [0.1, 0.15) is 11.2 Å². The van der Waals surface area contributed by atoms with Crippen LogP contribution in [0.2, 0.25) is 0 Å². The maximum atomic E-state index is 6.69. The number of furan rings is 1. The summed E-state index contributed by atoms with van der Waals surface area (Å²) < 4.78 is 6.69. The summed E-state index contributed by atoms with van der Waals surface area (Å²) in [5.74, 6) is 0. The van der Waals surface area contributed by atoms with E-state index in [1.54, 1.807) is 0 Å². The Balaban J connectivity index is 0.822. The van der Waals surface area contributed by atoms with Crippen LogP contribution in [0.1, 0.15) is 44.5 Å². The maximum Gasteiger partial charge on any atom is 0.135 e. The van der Waals surface area contributed by atoms with Gasteiger partial charge in [0.2, 0.25) is 0 Å². The van der Waals surface area contributed by atoms with Gasteiger partial charge in [0.25, 0.3) is 0 Å². The highest BCUT2D eigenvalue weighted by Crippen LogP contribution is 2.65. The predicted octanol–water partition coefficient (Wildman–Crippen LogP) is 19.2. The maximum absolute atomic E-state index is 6.69. The van der Waals surface area contributed by atoms with Gasteiger partial charge in [0, 0.05) is 22.1 Å². The summed E-state index contributed by atoms with van der Waals surface area (Å²) in [4.78, 5) is 4.89. The van der Waals surface area contributed by atoms with Crippen LogP contribution in [0.15, 0.2) is 283 Å². The van der Waals surface area contributed by atoms with E-state index in [0.29, 0.717) is 0 Å². The van der Waals surface area contributed by atoms with Crippen LogP contribution in [0.25, 0.3) is 66.4 Å². The zero-order chi connectivity index (χ0) is 50.4. The zero-order valence-electron chi connectivity index (χ0n) is 41.9. The molecule has 0 bridgehead atoms. The number of nitrogens with zero attached hydrogens (tertiary/aromatic N) is 2. The molecule has 77 heavy (non-hydrogen) atoms. The lowest BCUT2D eigenvalue weighted by Crippen LogP contribution is -2.36. The Kier molecular flexibility index (Phi) is 8.69. The summed E-state index contributed by atoms with van der Waals surface area (Å²) in [6.45, 7) is 0. The van der Waals surface area contributed by atoms with Gasteiger partial charge in [0.05, 0.1) is 33.6 Å². The molecule has 0 N–H and O–H groups in total. The van der Waals surface area contributed by atoms with Crippen LogP contribution >= 0.6 is 0 Å². The van der Waals surface area contributed by atoms with Crippen molar-refractivity contribution in [3.05, 3.63) is 324 Å². The van der Waals surface area contributed by atoms with Crippen LogP contribution in [0.3, 0.4) is 0 Å². The van der Waals surface area contributed by atoms with Gasteiger partial charge in [-0.2, -0.15) is 0 Å². The fourth-order valence-corrected chi connectivity index (χ4v) is 14.4. The largest absolute Gasteiger partial charge is 0.456 e. The number of anilines is 6. The van der Waals surface area contributed by atoms with Crippen LogP contribution in [-0.4, -0.2) is 0 Å². The lowest BCUT2D eigenvalue weighted by molar-refractivity contribution is 0.669. The normalized spacial score (nSPS) is 14.4. The number of hydrogen-bond acceptors (Lipinski definition) is 3. The van der Waals surface area contributed by atoms with Crippen molar-refractivity contribution in [2.45, 2.75) is 10.8 Å². The van der Waals surface area contributed by atoms with Gasteiger partial charge in [-0.1, -0.05) is 194 Å². The first kappa shape index (κ1) is 42.4. The van der Waals surface area contributed by atoms with Crippen LogP contribution in [0, 0.1) is 0 Å². The number of benzene rings is 12. The van der Waals surface area contributed by atoms with Crippen molar-refractivity contribution in [2.75, 3.05) is 9.80 Å². The van der Waals surface area contributed by atoms with E-state index in [1.165, 1.54) is 101 Å². The lowest BCUT2D eigenvalue weighted by atomic mass is 9.64. The molecule has 4 aliphatic rings. The highest BCUT2D eigenvalue weighted by molar-refractivity contribution is 6.08. The molecule has 0 amide bonds. The van der Waals surface area contributed by atoms with Gasteiger partial charge in [0.15, 0.2) is 0 Å². The van der Waals surface area contributed by atoms with Crippen molar-refractivity contribution < 1.29 is 4.42 Å². The Labute approximate surface area is 446 Å². The summed E-state index contributed by atoms with van der Waals surface area (Å²) in [7, 11) is 0. The van der Waals surface area contributed by atoms with Gasteiger partial charge in [-0.15, -0.1) is 0 Å². The molecule has 2 spiro atoms. The fourth-order valence-electron chi connectivity index (χ4n) is 14.4. The molecule has 0 unspecified atom stereocenters. The standard InChI is InChI=1S/C74H46N2O/c1-3-19-51(20-4-1)75-67-31-15-11-27-61(67)73(62-28-12-16-32-68(62)75)59-25-9-7-23-53(59)55-39-35-49(45-65(55)73)47-37-41-71-57(43-47)58-44-48(38-42-72(58)77-71)50-36-40-56-54-24-8-10-26-60(54)74(66(56)46-50)63-29-13-17-33-69(63)76(52-21-5-2-6-22-52)70-34-18-14-30-64(70)74/h1-46H. The smallest absolute Gasteiger partial charge is 0.135 e. The number of rotatable bonds is 4. The third kappa shape index (κ3) is 5.59. The topological polar surface area (TPSA) is 19.6 Å². The first-order valence-corrected chi connectivity index (χ1v) is 26.7. The predicted molar refractivity (Wildman–Crippen MR) is 316 cm³/mol. The third-order valence-corrected chi connectivity index (χ3v) is 17.5. The van der Waals surface area contributed by atoms with Gasteiger partial charge in [-0.05, 0) is 174 Å². The second kappa shape index (κ2) is 15.8. The second-order valence-electron chi connectivity index (χ2n) is 21.0. The molecule has 0 saturated heterocycles. The molecule has 0 atom stereocenters. The van der Waals surface area contributed by atoms with Gasteiger partial charge in [-0.3, -0.25) is 0 Å². The monoisotopic (exact) mass is 978 g/mol. The molecule has 1 aromatic heterocycles. The Morgan fingerprint density at radius 3 is 0.922 bits per heavy atom.